The summed E-state index contributed by atoms with van der Waals surface area (Å²) < 4.78 is 14.1. The number of piperazine rings is 1. The van der Waals surface area contributed by atoms with E-state index in [1.54, 1.807) is 23.6 Å². The molecule has 0 saturated carbocycles. The Morgan fingerprint density at radius 3 is 2.53 bits per heavy atom. The summed E-state index contributed by atoms with van der Waals surface area (Å²) in [6, 6.07) is 18.8. The van der Waals surface area contributed by atoms with Crippen LogP contribution in [0.3, 0.4) is 0 Å². The highest BCUT2D eigenvalue weighted by molar-refractivity contribution is 7.19. The van der Waals surface area contributed by atoms with Crippen LogP contribution in [0.4, 0.5) is 15.5 Å². The molecule has 0 aliphatic carbocycles. The van der Waals surface area contributed by atoms with Gasteiger partial charge in [0.15, 0.2) is 5.13 Å². The molecule has 2 aromatic carbocycles. The third-order valence-electron chi connectivity index (χ3n) is 6.02. The van der Waals surface area contributed by atoms with E-state index in [-0.39, 0.29) is 11.9 Å². The van der Waals surface area contributed by atoms with Gasteiger partial charge in [0.25, 0.3) is 0 Å². The molecule has 2 aromatic heterocycles. The SMILES string of the molecule is CC(Nc1nccc(-c2sc(N3CCN(C)CC3)nc2-c2cccc(F)c2)n1)c1ccccc1. The van der Waals surface area contributed by atoms with E-state index < -0.39 is 0 Å². The highest BCUT2D eigenvalue weighted by atomic mass is 32.1. The van der Waals surface area contributed by atoms with Gasteiger partial charge in [0.1, 0.15) is 5.82 Å². The van der Waals surface area contributed by atoms with E-state index in [9.17, 15) is 4.39 Å². The average molecular weight is 475 g/mol. The molecule has 34 heavy (non-hydrogen) atoms. The molecule has 0 amide bonds. The van der Waals surface area contributed by atoms with E-state index in [0.717, 1.165) is 58.7 Å². The summed E-state index contributed by atoms with van der Waals surface area (Å²) >= 11 is 1.60. The van der Waals surface area contributed by atoms with Gasteiger partial charge in [-0.05, 0) is 37.7 Å². The zero-order chi connectivity index (χ0) is 23.5. The number of hydrogen-bond acceptors (Lipinski definition) is 7. The highest BCUT2D eigenvalue weighted by Gasteiger charge is 2.23. The first-order chi connectivity index (χ1) is 16.6. The fourth-order valence-corrected chi connectivity index (χ4v) is 5.13. The summed E-state index contributed by atoms with van der Waals surface area (Å²) in [5, 5.41) is 4.34. The third-order valence-corrected chi connectivity index (χ3v) is 7.16. The van der Waals surface area contributed by atoms with Crippen LogP contribution in [0.25, 0.3) is 21.8 Å². The van der Waals surface area contributed by atoms with Crippen LogP contribution >= 0.6 is 11.3 Å². The lowest BCUT2D eigenvalue weighted by Crippen LogP contribution is -2.44. The molecule has 0 spiro atoms. The molecule has 0 bridgehead atoms. The smallest absolute Gasteiger partial charge is 0.223 e. The number of thiazole rings is 1. The molecule has 5 rings (SSSR count). The van der Waals surface area contributed by atoms with Crippen molar-refractivity contribution >= 4 is 22.4 Å². The molecule has 4 aromatic rings. The first-order valence-corrected chi connectivity index (χ1v) is 12.2. The number of nitrogens with one attached hydrogen (secondary N) is 1. The molecule has 1 unspecified atom stereocenters. The summed E-state index contributed by atoms with van der Waals surface area (Å²) in [5.74, 6) is 0.271. The van der Waals surface area contributed by atoms with E-state index in [4.69, 9.17) is 9.97 Å². The van der Waals surface area contributed by atoms with Gasteiger partial charge in [0.2, 0.25) is 5.95 Å². The number of halogens is 1. The molecule has 1 aliphatic heterocycles. The van der Waals surface area contributed by atoms with Crippen molar-refractivity contribution in [3.05, 3.63) is 78.2 Å². The van der Waals surface area contributed by atoms with Gasteiger partial charge in [0.05, 0.1) is 22.3 Å². The van der Waals surface area contributed by atoms with Crippen molar-refractivity contribution in [1.82, 2.24) is 19.9 Å². The quantitative estimate of drug-likeness (QED) is 0.408. The summed E-state index contributed by atoms with van der Waals surface area (Å²) in [6.07, 6.45) is 1.76. The van der Waals surface area contributed by atoms with Crippen molar-refractivity contribution in [3.63, 3.8) is 0 Å². The van der Waals surface area contributed by atoms with Gasteiger partial charge in [0, 0.05) is 37.9 Å². The first-order valence-electron chi connectivity index (χ1n) is 11.4. The Morgan fingerprint density at radius 2 is 1.76 bits per heavy atom. The van der Waals surface area contributed by atoms with Crippen LogP contribution in [0, 0.1) is 5.82 Å². The largest absolute Gasteiger partial charge is 0.348 e. The van der Waals surface area contributed by atoms with E-state index in [0.29, 0.717) is 5.95 Å². The summed E-state index contributed by atoms with van der Waals surface area (Å²) in [7, 11) is 2.13. The van der Waals surface area contributed by atoms with Crippen LogP contribution in [-0.4, -0.2) is 53.1 Å². The summed E-state index contributed by atoms with van der Waals surface area (Å²) in [5.41, 5.74) is 3.43. The Hall–Kier alpha value is -3.36. The molecule has 1 fully saturated rings. The minimum Gasteiger partial charge on any atom is -0.348 e. The van der Waals surface area contributed by atoms with Gasteiger partial charge >= 0.3 is 0 Å². The standard InChI is InChI=1S/C26H27FN6S/c1-18(19-7-4-3-5-8-19)29-25-28-12-11-22(30-25)24-23(20-9-6-10-21(27)17-20)31-26(34-24)33-15-13-32(2)14-16-33/h3-12,17-18H,13-16H2,1-2H3,(H,28,29,30). The fourth-order valence-electron chi connectivity index (χ4n) is 4.02. The number of rotatable bonds is 6. The Kier molecular flexibility index (Phi) is 6.51. The number of aromatic nitrogens is 3. The van der Waals surface area contributed by atoms with Gasteiger partial charge in [-0.1, -0.05) is 53.8 Å². The molecule has 8 heteroatoms. The van der Waals surface area contributed by atoms with Crippen molar-refractivity contribution in [3.8, 4) is 21.8 Å². The molecule has 1 N–H and O–H groups in total. The van der Waals surface area contributed by atoms with Crippen molar-refractivity contribution < 1.29 is 4.39 Å². The normalized spacial score (nSPS) is 15.3. The second-order valence-electron chi connectivity index (χ2n) is 8.52. The first kappa shape index (κ1) is 22.4. The second kappa shape index (κ2) is 9.87. The Labute approximate surface area is 203 Å². The lowest BCUT2D eigenvalue weighted by molar-refractivity contribution is 0.313. The second-order valence-corrected chi connectivity index (χ2v) is 9.49. The molecule has 1 aliphatic rings. The van der Waals surface area contributed by atoms with Crippen LogP contribution < -0.4 is 10.2 Å². The van der Waals surface area contributed by atoms with E-state index in [1.165, 1.54) is 12.1 Å². The maximum absolute atomic E-state index is 14.1. The number of nitrogens with zero attached hydrogens (tertiary/aromatic N) is 5. The molecule has 6 nitrogen and oxygen atoms in total. The Morgan fingerprint density at radius 1 is 0.971 bits per heavy atom. The topological polar surface area (TPSA) is 57.2 Å². The fraction of sp³-hybridized carbons (Fsp3) is 0.269. The van der Waals surface area contributed by atoms with E-state index in [1.807, 2.05) is 30.3 Å². The molecule has 3 heterocycles. The maximum Gasteiger partial charge on any atom is 0.223 e. The number of benzene rings is 2. The van der Waals surface area contributed by atoms with Crippen molar-refractivity contribution in [2.75, 3.05) is 43.4 Å². The van der Waals surface area contributed by atoms with Crippen LogP contribution in [0.1, 0.15) is 18.5 Å². The monoisotopic (exact) mass is 474 g/mol. The number of hydrogen-bond donors (Lipinski definition) is 1. The van der Waals surface area contributed by atoms with Gasteiger partial charge in [-0.25, -0.2) is 19.3 Å². The minimum absolute atomic E-state index is 0.0569. The van der Waals surface area contributed by atoms with Crippen molar-refractivity contribution in [2.45, 2.75) is 13.0 Å². The number of likely N-dealkylation sites (N-methyl/N-ethyl adjacent to an activating group) is 1. The maximum atomic E-state index is 14.1. The van der Waals surface area contributed by atoms with Crippen LogP contribution in [-0.2, 0) is 0 Å². The van der Waals surface area contributed by atoms with Gasteiger partial charge in [-0.2, -0.15) is 0 Å². The Bertz CT molecular complexity index is 1250. The van der Waals surface area contributed by atoms with Crippen molar-refractivity contribution in [2.24, 2.45) is 0 Å². The Balaban J connectivity index is 1.50. The predicted molar refractivity (Wildman–Crippen MR) is 137 cm³/mol. The summed E-state index contributed by atoms with van der Waals surface area (Å²) in [4.78, 5) is 19.7. The molecule has 1 saturated heterocycles. The predicted octanol–water partition coefficient (Wildman–Crippen LogP) is 5.33. The molecule has 174 valence electrons. The molecule has 1 atom stereocenters. The van der Waals surface area contributed by atoms with Crippen LogP contribution in [0.2, 0.25) is 0 Å². The molecule has 0 radical (unpaired) electrons. The van der Waals surface area contributed by atoms with Gasteiger partial charge < -0.3 is 15.1 Å². The highest BCUT2D eigenvalue weighted by Crippen LogP contribution is 2.40. The lowest BCUT2D eigenvalue weighted by atomic mass is 10.1. The van der Waals surface area contributed by atoms with Crippen LogP contribution in [0.15, 0.2) is 66.9 Å². The molecular weight excluding hydrogens is 447 g/mol. The van der Waals surface area contributed by atoms with Crippen molar-refractivity contribution in [1.29, 1.82) is 0 Å². The van der Waals surface area contributed by atoms with Crippen LogP contribution in [0.5, 0.6) is 0 Å². The van der Waals surface area contributed by atoms with Gasteiger partial charge in [-0.3, -0.25) is 0 Å². The number of anilines is 2. The average Bonchev–Trinajstić information content (AvgIpc) is 3.31. The minimum atomic E-state index is -0.278. The van der Waals surface area contributed by atoms with Gasteiger partial charge in [-0.15, -0.1) is 0 Å². The van der Waals surface area contributed by atoms with E-state index >= 15 is 0 Å². The summed E-state index contributed by atoms with van der Waals surface area (Å²) in [6.45, 7) is 5.89. The zero-order valence-corrected chi connectivity index (χ0v) is 20.1. The lowest BCUT2D eigenvalue weighted by Gasteiger charge is -2.32. The van der Waals surface area contributed by atoms with E-state index in [2.05, 4.69) is 46.2 Å². The third kappa shape index (κ3) is 4.93. The zero-order valence-electron chi connectivity index (χ0n) is 19.3. The molecular formula is C26H27FN6S.